The van der Waals surface area contributed by atoms with E-state index in [4.69, 9.17) is 10.5 Å². The molecule has 1 unspecified atom stereocenters. The average molecular weight is 291 g/mol. The Morgan fingerprint density at radius 3 is 2.86 bits per heavy atom. The first kappa shape index (κ1) is 15.6. The van der Waals surface area contributed by atoms with Crippen molar-refractivity contribution in [2.24, 2.45) is 0 Å². The van der Waals surface area contributed by atoms with Gasteiger partial charge in [-0.05, 0) is 45.0 Å². The van der Waals surface area contributed by atoms with Gasteiger partial charge in [-0.2, -0.15) is 0 Å². The summed E-state index contributed by atoms with van der Waals surface area (Å²) in [7, 11) is 0. The molecule has 3 N–H and O–H groups in total. The van der Waals surface area contributed by atoms with Crippen LogP contribution >= 0.6 is 0 Å². The molecule has 0 aliphatic carbocycles. The van der Waals surface area contributed by atoms with Crippen LogP contribution in [0.15, 0.2) is 24.3 Å². The number of nitrogen functional groups attached to an aromatic ring is 1. The molecule has 5 nitrogen and oxygen atoms in total. The van der Waals surface area contributed by atoms with Gasteiger partial charge in [0.05, 0.1) is 0 Å². The molecule has 1 atom stereocenters. The quantitative estimate of drug-likeness (QED) is 0.782. The molecule has 116 valence electrons. The number of piperidine rings is 1. The van der Waals surface area contributed by atoms with Crippen molar-refractivity contribution in [3.05, 3.63) is 24.3 Å². The summed E-state index contributed by atoms with van der Waals surface area (Å²) >= 11 is 0. The monoisotopic (exact) mass is 291 g/mol. The summed E-state index contributed by atoms with van der Waals surface area (Å²) in [4.78, 5) is 14.3. The zero-order valence-electron chi connectivity index (χ0n) is 12.7. The van der Waals surface area contributed by atoms with E-state index in [1.54, 1.807) is 18.2 Å². The van der Waals surface area contributed by atoms with Crippen LogP contribution in [0.4, 0.5) is 5.69 Å². The molecule has 2 rings (SSSR count). The molecule has 0 aromatic heterocycles. The highest BCUT2D eigenvalue weighted by Gasteiger charge is 2.15. The maximum atomic E-state index is 11.9. The van der Waals surface area contributed by atoms with Crippen LogP contribution in [-0.4, -0.2) is 43.1 Å². The van der Waals surface area contributed by atoms with Crippen LogP contribution in [-0.2, 0) is 4.79 Å². The normalized spacial score (nSPS) is 17.2. The standard InChI is InChI=1S/C16H25N3O2/c1-13(11-19-8-3-2-4-9-19)18-16(20)12-21-15-7-5-6-14(17)10-15/h5-7,10,13H,2-4,8-9,11-12,17H2,1H3,(H,18,20). The van der Waals surface area contributed by atoms with Crippen LogP contribution in [0.25, 0.3) is 0 Å². The van der Waals surface area contributed by atoms with Gasteiger partial charge in [0, 0.05) is 24.3 Å². The van der Waals surface area contributed by atoms with Crippen LogP contribution in [0.2, 0.25) is 0 Å². The molecule has 5 heteroatoms. The van der Waals surface area contributed by atoms with Crippen LogP contribution in [0.3, 0.4) is 0 Å². The zero-order chi connectivity index (χ0) is 15.1. The van der Waals surface area contributed by atoms with Crippen molar-refractivity contribution >= 4 is 11.6 Å². The Balaban J connectivity index is 1.68. The molecule has 0 spiro atoms. The summed E-state index contributed by atoms with van der Waals surface area (Å²) in [6.07, 6.45) is 3.85. The number of carbonyl (C=O) groups excluding carboxylic acids is 1. The van der Waals surface area contributed by atoms with Crippen LogP contribution in [0.1, 0.15) is 26.2 Å². The van der Waals surface area contributed by atoms with Crippen molar-refractivity contribution in [1.82, 2.24) is 10.2 Å². The molecule has 1 heterocycles. The number of amides is 1. The third-order valence-corrected chi connectivity index (χ3v) is 3.62. The van der Waals surface area contributed by atoms with E-state index in [2.05, 4.69) is 10.2 Å². The number of hydrogen-bond acceptors (Lipinski definition) is 4. The Kier molecular flexibility index (Phi) is 5.87. The predicted octanol–water partition coefficient (Wildman–Crippen LogP) is 1.64. The number of benzene rings is 1. The summed E-state index contributed by atoms with van der Waals surface area (Å²) in [6, 6.07) is 7.24. The first-order chi connectivity index (χ1) is 10.1. The zero-order valence-corrected chi connectivity index (χ0v) is 12.7. The third-order valence-electron chi connectivity index (χ3n) is 3.62. The lowest BCUT2D eigenvalue weighted by Crippen LogP contribution is -2.45. The molecule has 1 fully saturated rings. The fraction of sp³-hybridized carbons (Fsp3) is 0.562. The minimum atomic E-state index is -0.0954. The first-order valence-corrected chi connectivity index (χ1v) is 7.63. The first-order valence-electron chi connectivity index (χ1n) is 7.63. The number of nitrogens with one attached hydrogen (secondary N) is 1. The molecule has 1 aromatic rings. The van der Waals surface area contributed by atoms with E-state index in [9.17, 15) is 4.79 Å². The van der Waals surface area contributed by atoms with Gasteiger partial charge in [-0.1, -0.05) is 12.5 Å². The number of hydrogen-bond donors (Lipinski definition) is 2. The molecule has 1 aromatic carbocycles. The minimum absolute atomic E-state index is 0.0216. The van der Waals surface area contributed by atoms with Crippen molar-refractivity contribution in [3.8, 4) is 5.75 Å². The number of anilines is 1. The van der Waals surface area contributed by atoms with Crippen molar-refractivity contribution in [2.75, 3.05) is 32.0 Å². The van der Waals surface area contributed by atoms with Crippen LogP contribution in [0, 0.1) is 0 Å². The van der Waals surface area contributed by atoms with E-state index in [0.29, 0.717) is 11.4 Å². The van der Waals surface area contributed by atoms with E-state index in [1.807, 2.05) is 13.0 Å². The lowest BCUT2D eigenvalue weighted by atomic mass is 10.1. The maximum absolute atomic E-state index is 11.9. The summed E-state index contributed by atoms with van der Waals surface area (Å²) in [5.74, 6) is 0.524. The fourth-order valence-electron chi connectivity index (χ4n) is 2.64. The summed E-state index contributed by atoms with van der Waals surface area (Å²) in [6.45, 7) is 5.24. The number of carbonyl (C=O) groups is 1. The van der Waals surface area contributed by atoms with Gasteiger partial charge in [0.25, 0.3) is 5.91 Å². The van der Waals surface area contributed by atoms with Gasteiger partial charge in [-0.3, -0.25) is 4.79 Å². The maximum Gasteiger partial charge on any atom is 0.258 e. The van der Waals surface area contributed by atoms with Gasteiger partial charge in [0.1, 0.15) is 5.75 Å². The molecule has 0 radical (unpaired) electrons. The van der Waals surface area contributed by atoms with Crippen molar-refractivity contribution in [3.63, 3.8) is 0 Å². The van der Waals surface area contributed by atoms with Crippen molar-refractivity contribution in [1.29, 1.82) is 0 Å². The third kappa shape index (κ3) is 5.63. The van der Waals surface area contributed by atoms with E-state index < -0.39 is 0 Å². The molecule has 0 saturated carbocycles. The highest BCUT2D eigenvalue weighted by atomic mass is 16.5. The van der Waals surface area contributed by atoms with Crippen molar-refractivity contribution < 1.29 is 9.53 Å². The molecule has 1 aliphatic heterocycles. The second-order valence-electron chi connectivity index (χ2n) is 5.69. The largest absolute Gasteiger partial charge is 0.484 e. The predicted molar refractivity (Wildman–Crippen MR) is 84.2 cm³/mol. The number of nitrogens with two attached hydrogens (primary N) is 1. The second kappa shape index (κ2) is 7.88. The molecular formula is C16H25N3O2. The fourth-order valence-corrected chi connectivity index (χ4v) is 2.64. The van der Waals surface area contributed by atoms with Crippen LogP contribution in [0.5, 0.6) is 5.75 Å². The van der Waals surface area contributed by atoms with E-state index in [0.717, 1.165) is 19.6 Å². The number of nitrogens with zero attached hydrogens (tertiary/aromatic N) is 1. The Hall–Kier alpha value is -1.75. The highest BCUT2D eigenvalue weighted by molar-refractivity contribution is 5.77. The smallest absolute Gasteiger partial charge is 0.258 e. The van der Waals surface area contributed by atoms with Crippen LogP contribution < -0.4 is 15.8 Å². The summed E-state index contributed by atoms with van der Waals surface area (Å²) in [5.41, 5.74) is 6.29. The van der Waals surface area contributed by atoms with Gasteiger partial charge >= 0.3 is 0 Å². The second-order valence-corrected chi connectivity index (χ2v) is 5.69. The molecule has 0 bridgehead atoms. The van der Waals surface area contributed by atoms with Gasteiger partial charge in [0.2, 0.25) is 0 Å². The van der Waals surface area contributed by atoms with E-state index in [1.165, 1.54) is 19.3 Å². The Bertz CT molecular complexity index is 459. The van der Waals surface area contributed by atoms with Gasteiger partial charge in [0.15, 0.2) is 6.61 Å². The number of likely N-dealkylation sites (tertiary alicyclic amines) is 1. The number of ether oxygens (including phenoxy) is 1. The molecular weight excluding hydrogens is 266 g/mol. The Morgan fingerprint density at radius 2 is 2.14 bits per heavy atom. The lowest BCUT2D eigenvalue weighted by molar-refractivity contribution is -0.123. The SMILES string of the molecule is CC(CN1CCCCC1)NC(=O)COc1cccc(N)c1. The van der Waals surface area contributed by atoms with Gasteiger partial charge in [-0.15, -0.1) is 0 Å². The topological polar surface area (TPSA) is 67.6 Å². The number of rotatable bonds is 6. The Labute approximate surface area is 126 Å². The molecule has 1 amide bonds. The molecule has 1 aliphatic rings. The summed E-state index contributed by atoms with van der Waals surface area (Å²) < 4.78 is 5.43. The highest BCUT2D eigenvalue weighted by Crippen LogP contribution is 2.14. The molecule has 21 heavy (non-hydrogen) atoms. The van der Waals surface area contributed by atoms with E-state index in [-0.39, 0.29) is 18.6 Å². The lowest BCUT2D eigenvalue weighted by Gasteiger charge is -2.29. The minimum Gasteiger partial charge on any atom is -0.484 e. The van der Waals surface area contributed by atoms with E-state index >= 15 is 0 Å². The summed E-state index contributed by atoms with van der Waals surface area (Å²) in [5, 5.41) is 2.98. The van der Waals surface area contributed by atoms with Gasteiger partial charge < -0.3 is 20.7 Å². The van der Waals surface area contributed by atoms with Gasteiger partial charge in [-0.25, -0.2) is 0 Å². The molecule has 1 saturated heterocycles. The average Bonchev–Trinajstić information content (AvgIpc) is 2.46. The van der Waals surface area contributed by atoms with Crippen molar-refractivity contribution in [2.45, 2.75) is 32.2 Å². The Morgan fingerprint density at radius 1 is 1.38 bits per heavy atom.